The SMILES string of the molecule is CCn1nc(C(=O)N2CCCC2CNc2cccc(C)n2)ccc1=O. The lowest BCUT2D eigenvalue weighted by atomic mass is 10.2. The minimum Gasteiger partial charge on any atom is -0.368 e. The van der Waals surface area contributed by atoms with E-state index in [1.165, 1.54) is 16.8 Å². The Labute approximate surface area is 146 Å². The first-order valence-electron chi connectivity index (χ1n) is 8.65. The van der Waals surface area contributed by atoms with Gasteiger partial charge in [0.2, 0.25) is 0 Å². The van der Waals surface area contributed by atoms with Crippen molar-refractivity contribution in [1.29, 1.82) is 0 Å². The van der Waals surface area contributed by atoms with Crippen molar-refractivity contribution < 1.29 is 4.79 Å². The van der Waals surface area contributed by atoms with Crippen LogP contribution in [-0.2, 0) is 6.54 Å². The summed E-state index contributed by atoms with van der Waals surface area (Å²) in [7, 11) is 0. The van der Waals surface area contributed by atoms with Crippen LogP contribution in [0.1, 0.15) is 35.9 Å². The summed E-state index contributed by atoms with van der Waals surface area (Å²) in [5.74, 6) is 0.695. The van der Waals surface area contributed by atoms with E-state index in [1.54, 1.807) is 0 Å². The van der Waals surface area contributed by atoms with Crippen molar-refractivity contribution in [2.75, 3.05) is 18.4 Å². The summed E-state index contributed by atoms with van der Waals surface area (Å²) < 4.78 is 1.31. The number of aromatic nitrogens is 3. The van der Waals surface area contributed by atoms with Crippen LogP contribution in [0.5, 0.6) is 0 Å². The molecule has 2 aromatic heterocycles. The van der Waals surface area contributed by atoms with Gasteiger partial charge in [-0.1, -0.05) is 6.07 Å². The zero-order valence-corrected chi connectivity index (χ0v) is 14.6. The molecule has 1 aliphatic heterocycles. The highest BCUT2D eigenvalue weighted by Gasteiger charge is 2.30. The quantitative estimate of drug-likeness (QED) is 0.895. The molecule has 2 aromatic rings. The number of carbonyl (C=O) groups is 1. The predicted molar refractivity (Wildman–Crippen MR) is 95.7 cm³/mol. The van der Waals surface area contributed by atoms with Gasteiger partial charge in [-0.05, 0) is 44.9 Å². The lowest BCUT2D eigenvalue weighted by Crippen LogP contribution is -2.40. The second-order valence-electron chi connectivity index (χ2n) is 6.21. The number of aryl methyl sites for hydroxylation is 2. The molecular formula is C18H23N5O2. The highest BCUT2D eigenvalue weighted by Crippen LogP contribution is 2.20. The lowest BCUT2D eigenvalue weighted by Gasteiger charge is -2.25. The van der Waals surface area contributed by atoms with Crippen LogP contribution in [0.25, 0.3) is 0 Å². The fourth-order valence-electron chi connectivity index (χ4n) is 3.12. The number of hydrogen-bond donors (Lipinski definition) is 1. The number of rotatable bonds is 5. The van der Waals surface area contributed by atoms with E-state index < -0.39 is 0 Å². The number of pyridine rings is 1. The Morgan fingerprint density at radius 1 is 1.32 bits per heavy atom. The van der Waals surface area contributed by atoms with E-state index in [0.29, 0.717) is 25.3 Å². The molecule has 0 aliphatic carbocycles. The molecule has 0 saturated carbocycles. The van der Waals surface area contributed by atoms with Gasteiger partial charge in [-0.15, -0.1) is 0 Å². The number of amides is 1. The number of nitrogens with one attached hydrogen (secondary N) is 1. The summed E-state index contributed by atoms with van der Waals surface area (Å²) in [6, 6.07) is 8.85. The Morgan fingerprint density at radius 2 is 2.16 bits per heavy atom. The fourth-order valence-corrected chi connectivity index (χ4v) is 3.12. The van der Waals surface area contributed by atoms with E-state index in [0.717, 1.165) is 24.4 Å². The predicted octanol–water partition coefficient (Wildman–Crippen LogP) is 1.68. The van der Waals surface area contributed by atoms with E-state index in [4.69, 9.17) is 0 Å². The molecule has 0 bridgehead atoms. The molecule has 1 unspecified atom stereocenters. The van der Waals surface area contributed by atoms with Gasteiger partial charge < -0.3 is 10.2 Å². The summed E-state index contributed by atoms with van der Waals surface area (Å²) in [5.41, 5.74) is 1.08. The molecule has 0 aromatic carbocycles. The normalized spacial score (nSPS) is 16.9. The summed E-state index contributed by atoms with van der Waals surface area (Å²) in [5, 5.41) is 7.49. The molecule has 0 radical (unpaired) electrons. The Morgan fingerprint density at radius 3 is 2.92 bits per heavy atom. The van der Waals surface area contributed by atoms with Crippen LogP contribution in [0.15, 0.2) is 35.1 Å². The Kier molecular flexibility index (Phi) is 5.11. The summed E-state index contributed by atoms with van der Waals surface area (Å²) in [4.78, 5) is 30.7. The van der Waals surface area contributed by atoms with Crippen LogP contribution >= 0.6 is 0 Å². The first kappa shape index (κ1) is 17.1. The van der Waals surface area contributed by atoms with Crippen LogP contribution in [0, 0.1) is 6.92 Å². The maximum Gasteiger partial charge on any atom is 0.274 e. The van der Waals surface area contributed by atoms with Crippen molar-refractivity contribution in [3.05, 3.63) is 52.1 Å². The topological polar surface area (TPSA) is 80.1 Å². The minimum atomic E-state index is -0.191. The first-order chi connectivity index (χ1) is 12.1. The largest absolute Gasteiger partial charge is 0.368 e. The molecule has 1 atom stereocenters. The lowest BCUT2D eigenvalue weighted by molar-refractivity contribution is 0.0735. The van der Waals surface area contributed by atoms with Gasteiger partial charge in [0.25, 0.3) is 11.5 Å². The average molecular weight is 341 g/mol. The summed E-state index contributed by atoms with van der Waals surface area (Å²) >= 11 is 0. The molecule has 7 nitrogen and oxygen atoms in total. The van der Waals surface area contributed by atoms with E-state index in [1.807, 2.05) is 36.9 Å². The zero-order valence-electron chi connectivity index (χ0n) is 14.6. The third-order valence-electron chi connectivity index (χ3n) is 4.43. The fraction of sp³-hybridized carbons (Fsp3) is 0.444. The summed E-state index contributed by atoms with van der Waals surface area (Å²) in [6.07, 6.45) is 1.91. The smallest absolute Gasteiger partial charge is 0.274 e. The van der Waals surface area contributed by atoms with Crippen LogP contribution in [0.4, 0.5) is 5.82 Å². The number of carbonyl (C=O) groups excluding carboxylic acids is 1. The average Bonchev–Trinajstić information content (AvgIpc) is 3.08. The van der Waals surface area contributed by atoms with Crippen molar-refractivity contribution in [2.24, 2.45) is 0 Å². The molecule has 1 fully saturated rings. The third-order valence-corrected chi connectivity index (χ3v) is 4.43. The molecule has 25 heavy (non-hydrogen) atoms. The Hall–Kier alpha value is -2.70. The minimum absolute atomic E-state index is 0.0959. The van der Waals surface area contributed by atoms with Gasteiger partial charge in [0.1, 0.15) is 11.5 Å². The van der Waals surface area contributed by atoms with Gasteiger partial charge in [0.15, 0.2) is 0 Å². The van der Waals surface area contributed by atoms with Gasteiger partial charge in [0, 0.05) is 37.4 Å². The number of hydrogen-bond acceptors (Lipinski definition) is 5. The van der Waals surface area contributed by atoms with Crippen molar-refractivity contribution in [3.63, 3.8) is 0 Å². The molecule has 7 heteroatoms. The van der Waals surface area contributed by atoms with Crippen molar-refractivity contribution in [3.8, 4) is 0 Å². The van der Waals surface area contributed by atoms with Gasteiger partial charge in [0.05, 0.1) is 0 Å². The maximum atomic E-state index is 12.8. The standard InChI is InChI=1S/C18H23N5O2/c1-3-23-17(24)10-9-15(21-23)18(25)22-11-5-7-14(22)12-19-16-8-4-6-13(2)20-16/h4,6,8-10,14H,3,5,7,11-12H2,1-2H3,(H,19,20). The third kappa shape index (κ3) is 3.87. The van der Waals surface area contributed by atoms with Gasteiger partial charge >= 0.3 is 0 Å². The monoisotopic (exact) mass is 341 g/mol. The van der Waals surface area contributed by atoms with Crippen LogP contribution in [-0.4, -0.2) is 44.7 Å². The molecular weight excluding hydrogens is 318 g/mol. The zero-order chi connectivity index (χ0) is 17.8. The van der Waals surface area contributed by atoms with Crippen molar-refractivity contribution in [2.45, 2.75) is 39.3 Å². The number of likely N-dealkylation sites (tertiary alicyclic amines) is 1. The van der Waals surface area contributed by atoms with Gasteiger partial charge in [-0.25, -0.2) is 9.67 Å². The second kappa shape index (κ2) is 7.46. The van der Waals surface area contributed by atoms with E-state index >= 15 is 0 Å². The Balaban J connectivity index is 1.70. The van der Waals surface area contributed by atoms with Gasteiger partial charge in [-0.3, -0.25) is 9.59 Å². The summed E-state index contributed by atoms with van der Waals surface area (Å²) in [6.45, 7) is 5.59. The molecule has 1 saturated heterocycles. The van der Waals surface area contributed by atoms with E-state index in [-0.39, 0.29) is 17.5 Å². The van der Waals surface area contributed by atoms with Crippen LogP contribution in [0.3, 0.4) is 0 Å². The highest BCUT2D eigenvalue weighted by molar-refractivity contribution is 5.92. The second-order valence-corrected chi connectivity index (χ2v) is 6.21. The molecule has 3 rings (SSSR count). The molecule has 1 aliphatic rings. The molecule has 1 amide bonds. The Bertz CT molecular complexity index is 817. The van der Waals surface area contributed by atoms with Crippen LogP contribution in [0.2, 0.25) is 0 Å². The van der Waals surface area contributed by atoms with Crippen molar-refractivity contribution in [1.82, 2.24) is 19.7 Å². The maximum absolute atomic E-state index is 12.8. The molecule has 132 valence electrons. The van der Waals surface area contributed by atoms with Crippen molar-refractivity contribution >= 4 is 11.7 Å². The molecule has 3 heterocycles. The van der Waals surface area contributed by atoms with E-state index in [9.17, 15) is 9.59 Å². The highest BCUT2D eigenvalue weighted by atomic mass is 16.2. The van der Waals surface area contributed by atoms with E-state index in [2.05, 4.69) is 15.4 Å². The number of anilines is 1. The molecule has 0 spiro atoms. The van der Waals surface area contributed by atoms with Crippen LogP contribution < -0.4 is 10.9 Å². The van der Waals surface area contributed by atoms with Gasteiger partial charge in [-0.2, -0.15) is 5.10 Å². The first-order valence-corrected chi connectivity index (χ1v) is 8.65. The number of nitrogens with zero attached hydrogens (tertiary/aromatic N) is 4. The molecule has 1 N–H and O–H groups in total.